The van der Waals surface area contributed by atoms with Crippen molar-refractivity contribution in [1.29, 1.82) is 0 Å². The molecule has 0 aromatic carbocycles. The number of nitrogens with zero attached hydrogens (tertiary/aromatic N) is 1. The Balaban J connectivity index is 1.97. The maximum Gasteiger partial charge on any atom is 0.326 e. The summed E-state index contributed by atoms with van der Waals surface area (Å²) in [5.74, 6) is -1.38. The summed E-state index contributed by atoms with van der Waals surface area (Å²) in [4.78, 5) is 34.7. The number of likely N-dealkylation sites (tertiary alicyclic amines) is 1. The van der Waals surface area contributed by atoms with Crippen LogP contribution in [0.15, 0.2) is 0 Å². The van der Waals surface area contributed by atoms with Crippen molar-refractivity contribution in [3.8, 4) is 0 Å². The number of rotatable bonds is 2. The summed E-state index contributed by atoms with van der Waals surface area (Å²) in [6.07, 6.45) is 1.32. The fourth-order valence-electron chi connectivity index (χ4n) is 1.91. The number of nitrogens with one attached hydrogen (secondary N) is 1. The topological polar surface area (TPSA) is 86.7 Å². The van der Waals surface area contributed by atoms with E-state index in [9.17, 15) is 14.4 Å². The number of hydrogen-bond donors (Lipinski definition) is 2. The van der Waals surface area contributed by atoms with Crippen LogP contribution in [-0.2, 0) is 14.4 Å². The first kappa shape index (κ1) is 9.95. The van der Waals surface area contributed by atoms with E-state index in [0.717, 1.165) is 0 Å². The molecule has 2 N–H and O–H groups in total. The molecule has 0 radical (unpaired) electrons. The highest BCUT2D eigenvalue weighted by atomic mass is 16.4. The van der Waals surface area contributed by atoms with Crippen molar-refractivity contribution < 1.29 is 19.5 Å². The average Bonchev–Trinajstić information content (AvgIpc) is 2.48. The van der Waals surface area contributed by atoms with E-state index in [4.69, 9.17) is 5.11 Å². The first-order valence-corrected chi connectivity index (χ1v) is 4.92. The van der Waals surface area contributed by atoms with Gasteiger partial charge < -0.3 is 15.3 Å². The lowest BCUT2D eigenvalue weighted by Crippen LogP contribution is -2.59. The van der Waals surface area contributed by atoms with Gasteiger partial charge in [0.2, 0.25) is 11.8 Å². The van der Waals surface area contributed by atoms with E-state index in [2.05, 4.69) is 5.32 Å². The van der Waals surface area contributed by atoms with Crippen LogP contribution in [0.1, 0.15) is 19.3 Å². The molecule has 15 heavy (non-hydrogen) atoms. The van der Waals surface area contributed by atoms with Gasteiger partial charge in [0.1, 0.15) is 12.1 Å². The highest BCUT2D eigenvalue weighted by Crippen LogP contribution is 2.21. The highest BCUT2D eigenvalue weighted by Gasteiger charge is 2.41. The van der Waals surface area contributed by atoms with Crippen molar-refractivity contribution in [2.45, 2.75) is 31.3 Å². The van der Waals surface area contributed by atoms with Crippen LogP contribution >= 0.6 is 0 Å². The SMILES string of the molecule is O=C1CCC(C(=O)N2CCC2C(=O)O)N1. The van der Waals surface area contributed by atoms with Gasteiger partial charge in [-0.2, -0.15) is 0 Å². The van der Waals surface area contributed by atoms with Crippen LogP contribution in [0.4, 0.5) is 0 Å². The largest absolute Gasteiger partial charge is 0.480 e. The molecule has 6 heteroatoms. The average molecular weight is 212 g/mol. The van der Waals surface area contributed by atoms with Crippen molar-refractivity contribution in [3.63, 3.8) is 0 Å². The van der Waals surface area contributed by atoms with E-state index >= 15 is 0 Å². The minimum absolute atomic E-state index is 0.138. The third-order valence-electron chi connectivity index (χ3n) is 2.88. The molecule has 2 fully saturated rings. The highest BCUT2D eigenvalue weighted by molar-refractivity contribution is 5.93. The molecule has 2 unspecified atom stereocenters. The number of aliphatic carboxylic acids is 1. The van der Waals surface area contributed by atoms with E-state index < -0.39 is 18.1 Å². The van der Waals surface area contributed by atoms with Crippen LogP contribution in [0.3, 0.4) is 0 Å². The Morgan fingerprint density at radius 3 is 2.53 bits per heavy atom. The maximum atomic E-state index is 11.7. The molecule has 2 rings (SSSR count). The van der Waals surface area contributed by atoms with E-state index in [1.807, 2.05) is 0 Å². The van der Waals surface area contributed by atoms with Crippen LogP contribution in [0, 0.1) is 0 Å². The first-order valence-electron chi connectivity index (χ1n) is 4.92. The van der Waals surface area contributed by atoms with Crippen molar-refractivity contribution in [3.05, 3.63) is 0 Å². The summed E-state index contributed by atoms with van der Waals surface area (Å²) in [6.45, 7) is 0.474. The molecule has 0 spiro atoms. The summed E-state index contributed by atoms with van der Waals surface area (Å²) < 4.78 is 0. The van der Waals surface area contributed by atoms with Crippen LogP contribution in [0.25, 0.3) is 0 Å². The molecule has 2 saturated heterocycles. The minimum atomic E-state index is -0.973. The van der Waals surface area contributed by atoms with Crippen molar-refractivity contribution in [1.82, 2.24) is 10.2 Å². The summed E-state index contributed by atoms with van der Waals surface area (Å²) in [5, 5.41) is 11.3. The van der Waals surface area contributed by atoms with E-state index in [0.29, 0.717) is 25.8 Å². The van der Waals surface area contributed by atoms with Gasteiger partial charge in [-0.05, 0) is 12.8 Å². The maximum absolute atomic E-state index is 11.7. The molecule has 2 heterocycles. The zero-order chi connectivity index (χ0) is 11.0. The second-order valence-corrected chi connectivity index (χ2v) is 3.83. The lowest BCUT2D eigenvalue weighted by atomic mass is 10.0. The van der Waals surface area contributed by atoms with Gasteiger partial charge in [0, 0.05) is 13.0 Å². The Labute approximate surface area is 86.2 Å². The van der Waals surface area contributed by atoms with Gasteiger partial charge in [0.05, 0.1) is 0 Å². The monoisotopic (exact) mass is 212 g/mol. The van der Waals surface area contributed by atoms with E-state index in [1.54, 1.807) is 0 Å². The first-order chi connectivity index (χ1) is 7.09. The molecular formula is C9H12N2O4. The summed E-state index contributed by atoms with van der Waals surface area (Å²) in [5.41, 5.74) is 0. The van der Waals surface area contributed by atoms with Crippen molar-refractivity contribution in [2.75, 3.05) is 6.54 Å². The molecule has 0 saturated carbocycles. The third-order valence-corrected chi connectivity index (χ3v) is 2.88. The second kappa shape index (κ2) is 3.52. The molecule has 82 valence electrons. The van der Waals surface area contributed by atoms with Gasteiger partial charge in [-0.25, -0.2) is 4.79 Å². The van der Waals surface area contributed by atoms with Crippen LogP contribution in [0.2, 0.25) is 0 Å². The predicted octanol–water partition coefficient (Wildman–Crippen LogP) is -1.05. The molecule has 0 aliphatic carbocycles. The molecular weight excluding hydrogens is 200 g/mol. The Morgan fingerprint density at radius 2 is 2.13 bits per heavy atom. The molecule has 0 aromatic rings. The van der Waals surface area contributed by atoms with Crippen molar-refractivity contribution >= 4 is 17.8 Å². The lowest BCUT2D eigenvalue weighted by molar-refractivity contribution is -0.158. The smallest absolute Gasteiger partial charge is 0.326 e. The molecule has 2 aliphatic heterocycles. The molecule has 2 aliphatic rings. The Kier molecular flexibility index (Phi) is 2.34. The number of carbonyl (C=O) groups is 3. The number of amides is 2. The molecule has 2 atom stereocenters. The molecule has 0 aromatic heterocycles. The zero-order valence-electron chi connectivity index (χ0n) is 8.10. The van der Waals surface area contributed by atoms with Crippen LogP contribution < -0.4 is 5.32 Å². The standard InChI is InChI=1S/C9H12N2O4/c12-7-2-1-5(10-7)8(13)11-4-3-6(11)9(14)15/h5-6H,1-4H2,(H,10,12)(H,14,15). The summed E-state index contributed by atoms with van der Waals surface area (Å²) in [7, 11) is 0. The van der Waals surface area contributed by atoms with Gasteiger partial charge in [-0.1, -0.05) is 0 Å². The van der Waals surface area contributed by atoms with Gasteiger partial charge in [-0.3, -0.25) is 9.59 Å². The fraction of sp³-hybridized carbons (Fsp3) is 0.667. The molecule has 2 amide bonds. The number of carboxylic acids is 1. The van der Waals surface area contributed by atoms with Crippen LogP contribution in [-0.4, -0.2) is 46.4 Å². The Morgan fingerprint density at radius 1 is 1.40 bits per heavy atom. The van der Waals surface area contributed by atoms with E-state index in [1.165, 1.54) is 4.90 Å². The fourth-order valence-corrected chi connectivity index (χ4v) is 1.91. The normalized spacial score (nSPS) is 29.6. The summed E-state index contributed by atoms with van der Waals surface area (Å²) in [6, 6.07) is -1.21. The number of carbonyl (C=O) groups excluding carboxylic acids is 2. The number of carboxylic acid groups (broad SMARTS) is 1. The van der Waals surface area contributed by atoms with Gasteiger partial charge in [0.15, 0.2) is 0 Å². The van der Waals surface area contributed by atoms with Gasteiger partial charge in [-0.15, -0.1) is 0 Å². The molecule has 0 bridgehead atoms. The van der Waals surface area contributed by atoms with Gasteiger partial charge in [0.25, 0.3) is 0 Å². The lowest BCUT2D eigenvalue weighted by Gasteiger charge is -2.39. The van der Waals surface area contributed by atoms with Gasteiger partial charge >= 0.3 is 5.97 Å². The minimum Gasteiger partial charge on any atom is -0.480 e. The van der Waals surface area contributed by atoms with Crippen LogP contribution in [0.5, 0.6) is 0 Å². The summed E-state index contributed by atoms with van der Waals surface area (Å²) >= 11 is 0. The quantitative estimate of drug-likeness (QED) is 0.611. The zero-order valence-corrected chi connectivity index (χ0v) is 8.10. The Bertz CT molecular complexity index is 328. The molecule has 6 nitrogen and oxygen atoms in total. The van der Waals surface area contributed by atoms with E-state index in [-0.39, 0.29) is 11.8 Å². The third kappa shape index (κ3) is 1.67. The Hall–Kier alpha value is -1.59. The van der Waals surface area contributed by atoms with Crippen molar-refractivity contribution in [2.24, 2.45) is 0 Å². The predicted molar refractivity (Wildman–Crippen MR) is 48.9 cm³/mol. The number of hydrogen-bond acceptors (Lipinski definition) is 3. The second-order valence-electron chi connectivity index (χ2n) is 3.83.